The highest BCUT2D eigenvalue weighted by atomic mass is 16.1. The van der Waals surface area contributed by atoms with Crippen LogP contribution in [0.15, 0.2) is 76.2 Å². The molecule has 2 N–H and O–H groups in total. The van der Waals surface area contributed by atoms with Gasteiger partial charge in [-0.1, -0.05) is 38.1 Å². The standard InChI is InChI=1S/C27H27N5O/c1-27(2)13-21-24(22(33)14-27)23(16-9-11-17(12-10-16)31(3)4)19(15-28)26-30-25(29)18-7-5-6-8-20(18)32(21)26/h5-12,23H,13-14H2,1-4H3,(H2,29,30). The summed E-state index contributed by atoms with van der Waals surface area (Å²) in [6.07, 6.45) is 1.17. The molecule has 0 spiro atoms. The Morgan fingerprint density at radius 1 is 1.12 bits per heavy atom. The van der Waals surface area contributed by atoms with Crippen molar-refractivity contribution in [3.05, 3.63) is 82.3 Å². The molecular formula is C27H27N5O. The highest BCUT2D eigenvalue weighted by molar-refractivity contribution is 6.08. The fraction of sp³-hybridized carbons (Fsp3) is 0.296. The number of anilines is 2. The van der Waals surface area contributed by atoms with Crippen LogP contribution in [0.4, 0.5) is 11.4 Å². The number of para-hydroxylation sites is 1. The van der Waals surface area contributed by atoms with Gasteiger partial charge in [0, 0.05) is 43.0 Å². The highest BCUT2D eigenvalue weighted by Crippen LogP contribution is 2.52. The average molecular weight is 438 g/mol. The lowest BCUT2D eigenvalue weighted by molar-refractivity contribution is -0.118. The van der Waals surface area contributed by atoms with Crippen molar-refractivity contribution in [1.29, 1.82) is 5.26 Å². The molecule has 1 unspecified atom stereocenters. The monoisotopic (exact) mass is 437 g/mol. The van der Waals surface area contributed by atoms with E-state index in [0.29, 0.717) is 35.6 Å². The number of fused-ring (bicyclic) bond motifs is 4. The van der Waals surface area contributed by atoms with Crippen molar-refractivity contribution in [3.63, 3.8) is 0 Å². The van der Waals surface area contributed by atoms with E-state index in [9.17, 15) is 10.1 Å². The Morgan fingerprint density at radius 2 is 1.82 bits per heavy atom. The first-order chi connectivity index (χ1) is 15.7. The van der Waals surface area contributed by atoms with Gasteiger partial charge in [-0.05, 0) is 41.7 Å². The molecule has 1 atom stereocenters. The van der Waals surface area contributed by atoms with Crippen molar-refractivity contribution < 1.29 is 4.79 Å². The molecule has 2 aromatic carbocycles. The number of nitrogens with two attached hydrogens (primary N) is 1. The number of nitriles is 1. The average Bonchev–Trinajstić information content (AvgIpc) is 2.77. The van der Waals surface area contributed by atoms with Gasteiger partial charge in [-0.3, -0.25) is 9.69 Å². The second kappa shape index (κ2) is 7.35. The molecule has 3 aliphatic rings. The largest absolute Gasteiger partial charge is 0.383 e. The third-order valence-electron chi connectivity index (χ3n) is 6.71. The summed E-state index contributed by atoms with van der Waals surface area (Å²) in [5, 5.41) is 10.3. The van der Waals surface area contributed by atoms with E-state index >= 15 is 0 Å². The summed E-state index contributed by atoms with van der Waals surface area (Å²) in [6.45, 7) is 4.23. The Labute approximate surface area is 194 Å². The molecule has 0 radical (unpaired) electrons. The van der Waals surface area contributed by atoms with E-state index in [2.05, 4.69) is 19.9 Å². The molecule has 33 heavy (non-hydrogen) atoms. The summed E-state index contributed by atoms with van der Waals surface area (Å²) in [5.41, 5.74) is 11.9. The Balaban J connectivity index is 1.80. The predicted molar refractivity (Wildman–Crippen MR) is 131 cm³/mol. The van der Waals surface area contributed by atoms with Crippen molar-refractivity contribution in [2.75, 3.05) is 23.9 Å². The zero-order chi connectivity index (χ0) is 23.5. The van der Waals surface area contributed by atoms with Crippen LogP contribution in [0.2, 0.25) is 0 Å². The maximum atomic E-state index is 13.6. The third kappa shape index (κ3) is 3.23. The van der Waals surface area contributed by atoms with Gasteiger partial charge in [0.25, 0.3) is 0 Å². The number of aliphatic imine (C=N–C) groups is 1. The molecule has 0 saturated carbocycles. The second-order valence-corrected chi connectivity index (χ2v) is 9.92. The van der Waals surface area contributed by atoms with Crippen LogP contribution in [-0.4, -0.2) is 25.7 Å². The second-order valence-electron chi connectivity index (χ2n) is 9.92. The summed E-state index contributed by atoms with van der Waals surface area (Å²) >= 11 is 0. The number of benzene rings is 2. The number of carbonyl (C=O) groups excluding carboxylic acids is 1. The third-order valence-corrected chi connectivity index (χ3v) is 6.71. The van der Waals surface area contributed by atoms with Crippen LogP contribution in [0, 0.1) is 16.7 Å². The molecule has 6 nitrogen and oxygen atoms in total. The SMILES string of the molecule is CN(C)c1ccc(C2C(C#N)=C3N=C(N)c4ccccc4N3C3=C2C(=O)CC(C)(C)C3)cc1. The molecule has 5 rings (SSSR count). The number of hydrogen-bond donors (Lipinski definition) is 1. The first-order valence-electron chi connectivity index (χ1n) is 11.1. The Hall–Kier alpha value is -3.85. The molecule has 2 heterocycles. The van der Waals surface area contributed by atoms with Crippen molar-refractivity contribution in [1.82, 2.24) is 0 Å². The molecule has 2 aliphatic heterocycles. The van der Waals surface area contributed by atoms with Gasteiger partial charge in [0.05, 0.1) is 23.2 Å². The summed E-state index contributed by atoms with van der Waals surface area (Å²) in [6, 6.07) is 18.2. The summed E-state index contributed by atoms with van der Waals surface area (Å²) < 4.78 is 0. The van der Waals surface area contributed by atoms with Crippen molar-refractivity contribution >= 4 is 23.0 Å². The lowest BCUT2D eigenvalue weighted by Gasteiger charge is -2.45. The van der Waals surface area contributed by atoms with Crippen LogP contribution in [0.1, 0.15) is 43.7 Å². The van der Waals surface area contributed by atoms with Gasteiger partial charge in [-0.25, -0.2) is 4.99 Å². The molecule has 1 aliphatic carbocycles. The highest BCUT2D eigenvalue weighted by Gasteiger charge is 2.46. The van der Waals surface area contributed by atoms with Crippen LogP contribution in [0.3, 0.4) is 0 Å². The van der Waals surface area contributed by atoms with Gasteiger partial charge < -0.3 is 10.6 Å². The molecule has 0 amide bonds. The number of amidine groups is 1. The van der Waals surface area contributed by atoms with Crippen molar-refractivity contribution in [2.24, 2.45) is 16.1 Å². The van der Waals surface area contributed by atoms with Crippen LogP contribution < -0.4 is 15.5 Å². The van der Waals surface area contributed by atoms with E-state index in [0.717, 1.165) is 28.2 Å². The van der Waals surface area contributed by atoms with Gasteiger partial charge in [0.15, 0.2) is 11.6 Å². The van der Waals surface area contributed by atoms with E-state index in [1.54, 1.807) is 0 Å². The number of ketones is 1. The first kappa shape index (κ1) is 21.0. The Kier molecular flexibility index (Phi) is 4.68. The van der Waals surface area contributed by atoms with Crippen molar-refractivity contribution in [2.45, 2.75) is 32.6 Å². The molecule has 2 aromatic rings. The molecule has 0 aromatic heterocycles. The van der Waals surface area contributed by atoms with Crippen LogP contribution in [0.5, 0.6) is 0 Å². The maximum absolute atomic E-state index is 13.6. The number of hydrogen-bond acceptors (Lipinski definition) is 6. The molecule has 6 heteroatoms. The van der Waals surface area contributed by atoms with Crippen molar-refractivity contribution in [3.8, 4) is 6.07 Å². The molecular weight excluding hydrogens is 410 g/mol. The van der Waals surface area contributed by atoms with E-state index in [4.69, 9.17) is 10.7 Å². The maximum Gasteiger partial charge on any atom is 0.162 e. The fourth-order valence-electron chi connectivity index (χ4n) is 5.19. The van der Waals surface area contributed by atoms with E-state index in [1.807, 2.05) is 72.4 Å². The number of carbonyl (C=O) groups is 1. The number of nitrogens with zero attached hydrogens (tertiary/aromatic N) is 4. The Bertz CT molecular complexity index is 1300. The smallest absolute Gasteiger partial charge is 0.162 e. The summed E-state index contributed by atoms with van der Waals surface area (Å²) in [4.78, 5) is 22.4. The zero-order valence-electron chi connectivity index (χ0n) is 19.4. The van der Waals surface area contributed by atoms with Crippen LogP contribution in [-0.2, 0) is 4.79 Å². The number of rotatable bonds is 2. The lowest BCUT2D eigenvalue weighted by Crippen LogP contribution is -2.42. The first-order valence-corrected chi connectivity index (χ1v) is 11.1. The predicted octanol–water partition coefficient (Wildman–Crippen LogP) is 4.45. The topological polar surface area (TPSA) is 85.7 Å². The molecule has 166 valence electrons. The van der Waals surface area contributed by atoms with E-state index < -0.39 is 5.92 Å². The summed E-state index contributed by atoms with van der Waals surface area (Å²) in [5.74, 6) is 0.545. The number of allylic oxidation sites excluding steroid dienone is 3. The van der Waals surface area contributed by atoms with Crippen LogP contribution >= 0.6 is 0 Å². The normalized spacial score (nSPS) is 21.1. The van der Waals surface area contributed by atoms with Gasteiger partial charge >= 0.3 is 0 Å². The summed E-state index contributed by atoms with van der Waals surface area (Å²) in [7, 11) is 3.97. The van der Waals surface area contributed by atoms with E-state index in [-0.39, 0.29) is 11.2 Å². The number of Topliss-reactive ketones (excluding diaryl/α,β-unsaturated/α-hetero) is 1. The minimum absolute atomic E-state index is 0.0924. The molecule has 0 fully saturated rings. The van der Waals surface area contributed by atoms with Gasteiger partial charge in [0.1, 0.15) is 5.84 Å². The van der Waals surface area contributed by atoms with Crippen LogP contribution in [0.25, 0.3) is 0 Å². The lowest BCUT2D eigenvalue weighted by atomic mass is 9.68. The molecule has 0 bridgehead atoms. The quantitative estimate of drug-likeness (QED) is 0.750. The minimum Gasteiger partial charge on any atom is -0.383 e. The van der Waals surface area contributed by atoms with Gasteiger partial charge in [-0.2, -0.15) is 5.26 Å². The fourth-order valence-corrected chi connectivity index (χ4v) is 5.19. The van der Waals surface area contributed by atoms with E-state index in [1.165, 1.54) is 0 Å². The zero-order valence-corrected chi connectivity index (χ0v) is 19.4. The molecule has 0 saturated heterocycles. The van der Waals surface area contributed by atoms with Gasteiger partial charge in [-0.15, -0.1) is 0 Å². The minimum atomic E-state index is -0.460. The Morgan fingerprint density at radius 3 is 2.48 bits per heavy atom. The van der Waals surface area contributed by atoms with Gasteiger partial charge in [0.2, 0.25) is 0 Å².